The first-order valence-electron chi connectivity index (χ1n) is 8.08. The molecule has 0 amide bonds. The van der Waals surface area contributed by atoms with E-state index < -0.39 is 0 Å². The van der Waals surface area contributed by atoms with Crippen LogP contribution < -0.4 is 5.32 Å². The fourth-order valence-corrected chi connectivity index (χ4v) is 3.13. The van der Waals surface area contributed by atoms with Crippen LogP contribution in [0.15, 0.2) is 35.3 Å². The molecule has 3 unspecified atom stereocenters. The number of nitrogens with one attached hydrogen (secondary N) is 1. The molecule has 3 rings (SSSR count). The first-order valence-corrected chi connectivity index (χ1v) is 8.08. The van der Waals surface area contributed by atoms with Crippen molar-refractivity contribution in [2.45, 2.75) is 50.8 Å². The third-order valence-corrected chi connectivity index (χ3v) is 4.39. The third kappa shape index (κ3) is 3.78. The summed E-state index contributed by atoms with van der Waals surface area (Å²) in [6.45, 7) is 3.05. The minimum Gasteiger partial charge on any atom is -0.469 e. The number of nitrogens with zero attached hydrogens (tertiary/aromatic N) is 2. The quantitative estimate of drug-likeness (QED) is 0.891. The zero-order chi connectivity index (χ0) is 15.4. The van der Waals surface area contributed by atoms with E-state index in [1.165, 1.54) is 0 Å². The van der Waals surface area contributed by atoms with Crippen molar-refractivity contribution in [3.63, 3.8) is 0 Å². The minimum atomic E-state index is 0.149. The van der Waals surface area contributed by atoms with E-state index in [1.807, 2.05) is 36.3 Å². The van der Waals surface area contributed by atoms with E-state index in [0.29, 0.717) is 12.1 Å². The van der Waals surface area contributed by atoms with Gasteiger partial charge < -0.3 is 19.0 Å². The topological polar surface area (TPSA) is 52.2 Å². The molecule has 2 aromatic heterocycles. The van der Waals surface area contributed by atoms with Gasteiger partial charge in [-0.2, -0.15) is 0 Å². The van der Waals surface area contributed by atoms with Crippen molar-refractivity contribution in [3.05, 3.63) is 42.4 Å². The molecule has 120 valence electrons. The maximum absolute atomic E-state index is 5.92. The Hall–Kier alpha value is -1.59. The van der Waals surface area contributed by atoms with Crippen LogP contribution in [0.2, 0.25) is 0 Å². The van der Waals surface area contributed by atoms with Crippen LogP contribution in [-0.4, -0.2) is 28.2 Å². The second-order valence-corrected chi connectivity index (χ2v) is 6.20. The zero-order valence-corrected chi connectivity index (χ0v) is 13.4. The summed E-state index contributed by atoms with van der Waals surface area (Å²) in [6, 6.07) is 4.96. The van der Waals surface area contributed by atoms with Gasteiger partial charge in [0.05, 0.1) is 24.5 Å². The van der Waals surface area contributed by atoms with Crippen molar-refractivity contribution in [1.82, 2.24) is 14.9 Å². The average Bonchev–Trinajstić information content (AvgIpc) is 3.16. The molecule has 1 saturated heterocycles. The Kier molecular flexibility index (Phi) is 4.95. The molecule has 1 aliphatic rings. The summed E-state index contributed by atoms with van der Waals surface area (Å²) < 4.78 is 13.4. The van der Waals surface area contributed by atoms with Crippen molar-refractivity contribution in [3.8, 4) is 0 Å². The molecule has 22 heavy (non-hydrogen) atoms. The van der Waals surface area contributed by atoms with Crippen molar-refractivity contribution < 1.29 is 9.15 Å². The fourth-order valence-electron chi connectivity index (χ4n) is 3.13. The van der Waals surface area contributed by atoms with E-state index in [2.05, 4.69) is 17.2 Å². The molecule has 2 aromatic rings. The van der Waals surface area contributed by atoms with Crippen molar-refractivity contribution in [1.29, 1.82) is 0 Å². The van der Waals surface area contributed by atoms with Gasteiger partial charge in [0.2, 0.25) is 0 Å². The lowest BCUT2D eigenvalue weighted by Crippen LogP contribution is -2.41. The lowest BCUT2D eigenvalue weighted by molar-refractivity contribution is -0.00547. The number of ether oxygens (including phenoxy) is 1. The van der Waals surface area contributed by atoms with Crippen molar-refractivity contribution in [2.24, 2.45) is 7.05 Å². The van der Waals surface area contributed by atoms with E-state index in [0.717, 1.165) is 43.7 Å². The normalized spacial score (nSPS) is 23.5. The highest BCUT2D eigenvalue weighted by Crippen LogP contribution is 2.27. The molecular weight excluding hydrogens is 278 g/mol. The van der Waals surface area contributed by atoms with Gasteiger partial charge in [0.25, 0.3) is 0 Å². The Labute approximate surface area is 131 Å². The Balaban J connectivity index is 1.48. The lowest BCUT2D eigenvalue weighted by Gasteiger charge is -2.32. The summed E-state index contributed by atoms with van der Waals surface area (Å²) in [4.78, 5) is 4.19. The first-order chi connectivity index (χ1) is 10.7. The standard InChI is InChI=1S/C17H25N3O2/c1-13(5-6-15-4-3-8-21-15)19-14-7-9-22-17(10-14)16-11-18-12-20(16)2/h3-4,8,11-14,17,19H,5-7,9-10H2,1-2H3. The van der Waals surface area contributed by atoms with Crippen LogP contribution >= 0.6 is 0 Å². The van der Waals surface area contributed by atoms with E-state index >= 15 is 0 Å². The molecule has 0 saturated carbocycles. The third-order valence-electron chi connectivity index (χ3n) is 4.39. The molecule has 0 bridgehead atoms. The number of aromatic nitrogens is 2. The second-order valence-electron chi connectivity index (χ2n) is 6.20. The Bertz CT molecular complexity index is 564. The van der Waals surface area contributed by atoms with Crippen LogP contribution in [0.5, 0.6) is 0 Å². The van der Waals surface area contributed by atoms with Gasteiger partial charge in [-0.25, -0.2) is 4.98 Å². The van der Waals surface area contributed by atoms with E-state index in [9.17, 15) is 0 Å². The molecule has 1 fully saturated rings. The predicted molar refractivity (Wildman–Crippen MR) is 84.5 cm³/mol. The summed E-state index contributed by atoms with van der Waals surface area (Å²) in [7, 11) is 2.02. The van der Waals surface area contributed by atoms with Gasteiger partial charge in [-0.05, 0) is 38.3 Å². The summed E-state index contributed by atoms with van der Waals surface area (Å²) in [5, 5.41) is 3.74. The van der Waals surface area contributed by atoms with Crippen LogP contribution in [-0.2, 0) is 18.2 Å². The maximum Gasteiger partial charge on any atom is 0.103 e. The summed E-state index contributed by atoms with van der Waals surface area (Å²) in [5.41, 5.74) is 1.16. The van der Waals surface area contributed by atoms with Gasteiger partial charge >= 0.3 is 0 Å². The Morgan fingerprint density at radius 2 is 2.41 bits per heavy atom. The summed E-state index contributed by atoms with van der Waals surface area (Å²) in [6.07, 6.45) is 9.77. The lowest BCUT2D eigenvalue weighted by atomic mass is 9.99. The number of rotatable bonds is 6. The molecule has 0 radical (unpaired) electrons. The molecule has 3 heterocycles. The predicted octanol–water partition coefficient (Wildman–Crippen LogP) is 2.84. The molecule has 1 N–H and O–H groups in total. The molecule has 3 atom stereocenters. The van der Waals surface area contributed by atoms with Gasteiger partial charge in [0, 0.05) is 32.2 Å². The smallest absolute Gasteiger partial charge is 0.103 e. The highest BCUT2D eigenvalue weighted by molar-refractivity contribution is 5.04. The number of furan rings is 1. The van der Waals surface area contributed by atoms with Crippen LogP contribution in [0.1, 0.15) is 43.7 Å². The molecular formula is C17H25N3O2. The molecule has 1 aliphatic heterocycles. The maximum atomic E-state index is 5.92. The van der Waals surface area contributed by atoms with Crippen LogP contribution in [0.3, 0.4) is 0 Å². The molecule has 0 aliphatic carbocycles. The van der Waals surface area contributed by atoms with Gasteiger partial charge in [0.1, 0.15) is 11.9 Å². The van der Waals surface area contributed by atoms with Crippen LogP contribution in [0.25, 0.3) is 0 Å². The van der Waals surface area contributed by atoms with Crippen molar-refractivity contribution in [2.75, 3.05) is 6.61 Å². The number of imidazole rings is 1. The van der Waals surface area contributed by atoms with E-state index in [1.54, 1.807) is 6.26 Å². The highest BCUT2D eigenvalue weighted by atomic mass is 16.5. The average molecular weight is 303 g/mol. The summed E-state index contributed by atoms with van der Waals surface area (Å²) >= 11 is 0. The fraction of sp³-hybridized carbons (Fsp3) is 0.588. The highest BCUT2D eigenvalue weighted by Gasteiger charge is 2.26. The first kappa shape index (κ1) is 15.3. The second kappa shape index (κ2) is 7.11. The number of hydrogen-bond acceptors (Lipinski definition) is 4. The number of aryl methyl sites for hydroxylation is 2. The molecule has 0 aromatic carbocycles. The zero-order valence-electron chi connectivity index (χ0n) is 13.4. The van der Waals surface area contributed by atoms with Gasteiger partial charge in [-0.1, -0.05) is 0 Å². The SMILES string of the molecule is CC(CCc1ccco1)NC1CCOC(c2cncn2C)C1. The van der Waals surface area contributed by atoms with E-state index in [-0.39, 0.29) is 6.10 Å². The van der Waals surface area contributed by atoms with Crippen LogP contribution in [0.4, 0.5) is 0 Å². The largest absolute Gasteiger partial charge is 0.469 e. The van der Waals surface area contributed by atoms with Gasteiger partial charge in [-0.3, -0.25) is 0 Å². The van der Waals surface area contributed by atoms with Crippen molar-refractivity contribution >= 4 is 0 Å². The number of hydrogen-bond donors (Lipinski definition) is 1. The monoisotopic (exact) mass is 303 g/mol. The molecule has 5 nitrogen and oxygen atoms in total. The molecule has 5 heteroatoms. The summed E-state index contributed by atoms with van der Waals surface area (Å²) in [5.74, 6) is 1.06. The minimum absolute atomic E-state index is 0.149. The molecule has 0 spiro atoms. The van der Waals surface area contributed by atoms with E-state index in [4.69, 9.17) is 9.15 Å². The van der Waals surface area contributed by atoms with Crippen LogP contribution in [0, 0.1) is 0 Å². The Morgan fingerprint density at radius 1 is 1.50 bits per heavy atom. The van der Waals surface area contributed by atoms with Gasteiger partial charge in [-0.15, -0.1) is 0 Å². The van der Waals surface area contributed by atoms with Gasteiger partial charge in [0.15, 0.2) is 0 Å². The Morgan fingerprint density at radius 3 is 3.14 bits per heavy atom.